The van der Waals surface area contributed by atoms with E-state index in [0.717, 1.165) is 17.9 Å². The molecule has 1 atom stereocenters. The molecule has 0 aliphatic carbocycles. The Morgan fingerprint density at radius 3 is 2.62 bits per heavy atom. The number of carbonyl (C=O) groups excluding carboxylic acids is 1. The minimum Gasteiger partial charge on any atom is -0.481 e. The van der Waals surface area contributed by atoms with E-state index in [0.29, 0.717) is 19.5 Å². The van der Waals surface area contributed by atoms with Crippen LogP contribution >= 0.6 is 0 Å². The summed E-state index contributed by atoms with van der Waals surface area (Å²) in [5.41, 5.74) is 1.91. The second-order valence-electron chi connectivity index (χ2n) is 5.32. The Labute approximate surface area is 124 Å². The number of anilines is 2. The molecular formula is C15H21N3O3. The third-order valence-corrected chi connectivity index (χ3v) is 3.76. The fraction of sp³-hybridized carbons (Fsp3) is 0.467. The van der Waals surface area contributed by atoms with Gasteiger partial charge in [0.25, 0.3) is 0 Å². The van der Waals surface area contributed by atoms with E-state index in [-0.39, 0.29) is 6.03 Å². The molecule has 0 saturated heterocycles. The van der Waals surface area contributed by atoms with Gasteiger partial charge >= 0.3 is 12.0 Å². The Morgan fingerprint density at radius 1 is 1.29 bits per heavy atom. The summed E-state index contributed by atoms with van der Waals surface area (Å²) < 4.78 is 0. The molecular weight excluding hydrogens is 270 g/mol. The smallest absolute Gasteiger partial charge is 0.322 e. The molecule has 1 heterocycles. The number of nitrogens with one attached hydrogen (secondary N) is 1. The quantitative estimate of drug-likeness (QED) is 0.886. The van der Waals surface area contributed by atoms with Crippen molar-refractivity contribution in [3.63, 3.8) is 0 Å². The number of likely N-dealkylation sites (N-methyl/N-ethyl adjacent to an activating group) is 1. The summed E-state index contributed by atoms with van der Waals surface area (Å²) in [6.45, 7) is 3.39. The van der Waals surface area contributed by atoms with Gasteiger partial charge in [-0.05, 0) is 18.6 Å². The lowest BCUT2D eigenvalue weighted by Crippen LogP contribution is -2.47. The molecule has 114 valence electrons. The molecule has 0 saturated carbocycles. The van der Waals surface area contributed by atoms with Gasteiger partial charge in [-0.15, -0.1) is 0 Å². The molecule has 1 aliphatic heterocycles. The molecule has 2 N–H and O–H groups in total. The summed E-state index contributed by atoms with van der Waals surface area (Å²) in [4.78, 5) is 26.8. The largest absolute Gasteiger partial charge is 0.481 e. The van der Waals surface area contributed by atoms with E-state index in [4.69, 9.17) is 5.11 Å². The van der Waals surface area contributed by atoms with Gasteiger partial charge in [-0.3, -0.25) is 9.69 Å². The van der Waals surface area contributed by atoms with Crippen LogP contribution in [0.3, 0.4) is 0 Å². The standard InChI is InChI=1S/C15H21N3O3/c1-11(14(19)20)7-8-16-15(21)18-10-9-17(2)12-5-3-4-6-13(12)18/h3-6,11H,7-10H2,1-2H3,(H,16,21)(H,19,20). The molecule has 2 amide bonds. The topological polar surface area (TPSA) is 72.9 Å². The van der Waals surface area contributed by atoms with E-state index >= 15 is 0 Å². The molecule has 0 bridgehead atoms. The first-order valence-corrected chi connectivity index (χ1v) is 7.09. The normalized spacial score (nSPS) is 15.3. The lowest BCUT2D eigenvalue weighted by molar-refractivity contribution is -0.141. The van der Waals surface area contributed by atoms with Crippen LogP contribution in [-0.2, 0) is 4.79 Å². The number of rotatable bonds is 4. The van der Waals surface area contributed by atoms with Crippen molar-refractivity contribution in [2.24, 2.45) is 5.92 Å². The maximum Gasteiger partial charge on any atom is 0.322 e. The minimum absolute atomic E-state index is 0.173. The average molecular weight is 291 g/mol. The summed E-state index contributed by atoms with van der Waals surface area (Å²) in [6, 6.07) is 7.59. The zero-order valence-corrected chi connectivity index (χ0v) is 12.4. The highest BCUT2D eigenvalue weighted by Gasteiger charge is 2.24. The highest BCUT2D eigenvalue weighted by Crippen LogP contribution is 2.31. The molecule has 0 radical (unpaired) electrons. The summed E-state index contributed by atoms with van der Waals surface area (Å²) >= 11 is 0. The van der Waals surface area contributed by atoms with E-state index in [2.05, 4.69) is 10.2 Å². The van der Waals surface area contributed by atoms with Crippen LogP contribution in [0.4, 0.5) is 16.2 Å². The first-order valence-electron chi connectivity index (χ1n) is 7.09. The van der Waals surface area contributed by atoms with Gasteiger partial charge < -0.3 is 15.3 Å². The van der Waals surface area contributed by atoms with Crippen LogP contribution < -0.4 is 15.1 Å². The molecule has 6 heteroatoms. The zero-order chi connectivity index (χ0) is 15.4. The molecule has 1 aromatic carbocycles. The van der Waals surface area contributed by atoms with Crippen molar-refractivity contribution in [3.05, 3.63) is 24.3 Å². The number of amides is 2. The highest BCUT2D eigenvalue weighted by atomic mass is 16.4. The van der Waals surface area contributed by atoms with Crippen LogP contribution in [-0.4, -0.2) is 43.8 Å². The van der Waals surface area contributed by atoms with Crippen LogP contribution in [0.1, 0.15) is 13.3 Å². The number of nitrogens with zero attached hydrogens (tertiary/aromatic N) is 2. The Hall–Kier alpha value is -2.24. The molecule has 1 unspecified atom stereocenters. The minimum atomic E-state index is -0.839. The number of carboxylic acids is 1. The van der Waals surface area contributed by atoms with Gasteiger partial charge in [-0.1, -0.05) is 19.1 Å². The number of para-hydroxylation sites is 2. The Bertz CT molecular complexity index is 533. The average Bonchev–Trinajstić information content (AvgIpc) is 2.47. The summed E-state index contributed by atoms with van der Waals surface area (Å²) in [7, 11) is 2.00. The van der Waals surface area contributed by atoms with Gasteiger partial charge in [-0.25, -0.2) is 4.79 Å². The Kier molecular flexibility index (Phi) is 4.67. The van der Waals surface area contributed by atoms with Gasteiger partial charge in [0.1, 0.15) is 0 Å². The van der Waals surface area contributed by atoms with Gasteiger partial charge in [0.15, 0.2) is 0 Å². The molecule has 21 heavy (non-hydrogen) atoms. The number of aliphatic carboxylic acids is 1. The van der Waals surface area contributed by atoms with E-state index in [1.165, 1.54) is 0 Å². The number of fused-ring (bicyclic) bond motifs is 1. The lowest BCUT2D eigenvalue weighted by Gasteiger charge is -2.35. The maximum absolute atomic E-state index is 12.3. The van der Waals surface area contributed by atoms with Gasteiger partial charge in [0.2, 0.25) is 0 Å². The first-order chi connectivity index (χ1) is 10.0. The van der Waals surface area contributed by atoms with Gasteiger partial charge in [0, 0.05) is 26.7 Å². The number of benzene rings is 1. The molecule has 0 fully saturated rings. The van der Waals surface area contributed by atoms with Crippen molar-refractivity contribution < 1.29 is 14.7 Å². The number of hydrogen-bond acceptors (Lipinski definition) is 3. The van der Waals surface area contributed by atoms with E-state index in [1.54, 1.807) is 11.8 Å². The predicted octanol–water partition coefficient (Wildman–Crippen LogP) is 1.76. The second-order valence-corrected chi connectivity index (χ2v) is 5.32. The molecule has 1 aromatic rings. The van der Waals surface area contributed by atoms with Crippen molar-refractivity contribution in [3.8, 4) is 0 Å². The van der Waals surface area contributed by atoms with Crippen molar-refractivity contribution in [2.75, 3.05) is 36.5 Å². The fourth-order valence-corrected chi connectivity index (χ4v) is 2.33. The second kappa shape index (κ2) is 6.47. The van der Waals surface area contributed by atoms with Crippen molar-refractivity contribution in [2.45, 2.75) is 13.3 Å². The SMILES string of the molecule is CC(CCNC(=O)N1CCN(C)c2ccccc21)C(=O)O. The fourth-order valence-electron chi connectivity index (χ4n) is 2.33. The monoisotopic (exact) mass is 291 g/mol. The summed E-state index contributed by atoms with van der Waals surface area (Å²) in [5.74, 6) is -1.29. The third kappa shape index (κ3) is 3.45. The highest BCUT2D eigenvalue weighted by molar-refractivity contribution is 5.96. The molecule has 2 rings (SSSR count). The molecule has 0 spiro atoms. The van der Waals surface area contributed by atoms with Crippen LogP contribution in [0.2, 0.25) is 0 Å². The third-order valence-electron chi connectivity index (χ3n) is 3.76. The van der Waals surface area contributed by atoms with Crippen molar-refractivity contribution in [1.82, 2.24) is 5.32 Å². The maximum atomic E-state index is 12.3. The number of carboxylic acid groups (broad SMARTS) is 1. The number of carbonyl (C=O) groups is 2. The van der Waals surface area contributed by atoms with Crippen LogP contribution in [0.25, 0.3) is 0 Å². The van der Waals surface area contributed by atoms with Gasteiger partial charge in [-0.2, -0.15) is 0 Å². The van der Waals surface area contributed by atoms with Crippen LogP contribution in [0.15, 0.2) is 24.3 Å². The van der Waals surface area contributed by atoms with Crippen LogP contribution in [0, 0.1) is 5.92 Å². The first kappa shape index (κ1) is 15.2. The van der Waals surface area contributed by atoms with E-state index in [9.17, 15) is 9.59 Å². The molecule has 6 nitrogen and oxygen atoms in total. The Balaban J connectivity index is 1.98. The molecule has 1 aliphatic rings. The van der Waals surface area contributed by atoms with Crippen LogP contribution in [0.5, 0.6) is 0 Å². The lowest BCUT2D eigenvalue weighted by atomic mass is 10.1. The number of hydrogen-bond donors (Lipinski definition) is 2. The summed E-state index contributed by atoms with van der Waals surface area (Å²) in [5, 5.41) is 11.6. The van der Waals surface area contributed by atoms with E-state index < -0.39 is 11.9 Å². The van der Waals surface area contributed by atoms with Crippen molar-refractivity contribution >= 4 is 23.4 Å². The van der Waals surface area contributed by atoms with Gasteiger partial charge in [0.05, 0.1) is 17.3 Å². The Morgan fingerprint density at radius 2 is 1.95 bits per heavy atom. The van der Waals surface area contributed by atoms with E-state index in [1.807, 2.05) is 31.3 Å². The van der Waals surface area contributed by atoms with Crippen molar-refractivity contribution in [1.29, 1.82) is 0 Å². The predicted molar refractivity (Wildman–Crippen MR) is 81.9 cm³/mol. The zero-order valence-electron chi connectivity index (χ0n) is 12.4. The number of urea groups is 1. The molecule has 0 aromatic heterocycles. The summed E-state index contributed by atoms with van der Waals surface area (Å²) in [6.07, 6.45) is 0.427.